The van der Waals surface area contributed by atoms with Crippen LogP contribution in [-0.4, -0.2) is 36.6 Å². The van der Waals surface area contributed by atoms with Gasteiger partial charge in [-0.15, -0.1) is 0 Å². The van der Waals surface area contributed by atoms with Crippen molar-refractivity contribution in [1.29, 1.82) is 0 Å². The quantitative estimate of drug-likeness (QED) is 0.789. The van der Waals surface area contributed by atoms with E-state index in [1.165, 1.54) is 38.6 Å². The van der Waals surface area contributed by atoms with E-state index in [-0.39, 0.29) is 0 Å². The van der Waals surface area contributed by atoms with Gasteiger partial charge in [0, 0.05) is 31.7 Å². The summed E-state index contributed by atoms with van der Waals surface area (Å²) in [6.07, 6.45) is 11.7. The van der Waals surface area contributed by atoms with Gasteiger partial charge in [-0.1, -0.05) is 52.2 Å². The molecule has 1 saturated carbocycles. The van der Waals surface area contributed by atoms with Crippen LogP contribution in [0.25, 0.3) is 0 Å². The molecule has 2 heteroatoms. The Labute approximate surface area is 126 Å². The van der Waals surface area contributed by atoms with Crippen LogP contribution in [-0.2, 0) is 0 Å². The van der Waals surface area contributed by atoms with Crippen molar-refractivity contribution >= 4 is 0 Å². The topological polar surface area (TPSA) is 15.3 Å². The highest BCUT2D eigenvalue weighted by atomic mass is 15.2. The Bertz CT molecular complexity index is 310. The minimum Gasteiger partial charge on any atom is -0.311 e. The van der Waals surface area contributed by atoms with Crippen molar-refractivity contribution in [2.75, 3.05) is 19.6 Å². The summed E-state index contributed by atoms with van der Waals surface area (Å²) in [5, 5.41) is 3.89. The fourth-order valence-corrected chi connectivity index (χ4v) is 3.99. The summed E-state index contributed by atoms with van der Waals surface area (Å²) in [6, 6.07) is 1.37. The Morgan fingerprint density at radius 3 is 2.45 bits per heavy atom. The number of nitrogens with zero attached hydrogens (tertiary/aromatic N) is 1. The number of hydrogen-bond acceptors (Lipinski definition) is 2. The lowest BCUT2D eigenvalue weighted by Gasteiger charge is -2.48. The van der Waals surface area contributed by atoms with Gasteiger partial charge < -0.3 is 5.32 Å². The van der Waals surface area contributed by atoms with Crippen molar-refractivity contribution in [2.45, 2.75) is 71.9 Å². The lowest BCUT2D eigenvalue weighted by atomic mass is 9.79. The van der Waals surface area contributed by atoms with Crippen LogP contribution in [0.3, 0.4) is 0 Å². The van der Waals surface area contributed by atoms with E-state index in [4.69, 9.17) is 0 Å². The molecule has 116 valence electrons. The van der Waals surface area contributed by atoms with Crippen molar-refractivity contribution in [2.24, 2.45) is 11.3 Å². The highest BCUT2D eigenvalue weighted by Gasteiger charge is 2.37. The Hall–Kier alpha value is -0.340. The summed E-state index contributed by atoms with van der Waals surface area (Å²) in [6.45, 7) is 12.8. The molecular weight excluding hydrogens is 244 g/mol. The Kier molecular flexibility index (Phi) is 5.68. The van der Waals surface area contributed by atoms with Crippen molar-refractivity contribution in [1.82, 2.24) is 10.2 Å². The van der Waals surface area contributed by atoms with Gasteiger partial charge in [0.2, 0.25) is 0 Å². The highest BCUT2D eigenvalue weighted by Crippen LogP contribution is 2.32. The van der Waals surface area contributed by atoms with E-state index in [9.17, 15) is 0 Å². The fourth-order valence-electron chi connectivity index (χ4n) is 3.99. The monoisotopic (exact) mass is 278 g/mol. The first kappa shape index (κ1) is 16.0. The predicted molar refractivity (Wildman–Crippen MR) is 88.0 cm³/mol. The molecule has 20 heavy (non-hydrogen) atoms. The van der Waals surface area contributed by atoms with Gasteiger partial charge in [-0.05, 0) is 31.1 Å². The number of hydrogen-bond donors (Lipinski definition) is 1. The molecule has 0 bridgehead atoms. The van der Waals surface area contributed by atoms with Gasteiger partial charge in [0.1, 0.15) is 0 Å². The fraction of sp³-hybridized carbons (Fsp3) is 0.889. The van der Waals surface area contributed by atoms with E-state index < -0.39 is 0 Å². The van der Waals surface area contributed by atoms with E-state index in [2.05, 4.69) is 50.1 Å². The van der Waals surface area contributed by atoms with Crippen LogP contribution in [0.4, 0.5) is 0 Å². The van der Waals surface area contributed by atoms with Crippen molar-refractivity contribution in [3.8, 4) is 0 Å². The van der Waals surface area contributed by atoms with Crippen molar-refractivity contribution < 1.29 is 0 Å². The Balaban J connectivity index is 2.00. The molecule has 2 unspecified atom stereocenters. The van der Waals surface area contributed by atoms with Gasteiger partial charge in [0.05, 0.1) is 0 Å². The minimum absolute atomic E-state index is 0.353. The summed E-state index contributed by atoms with van der Waals surface area (Å²) < 4.78 is 0. The molecule has 2 nitrogen and oxygen atoms in total. The molecule has 0 radical (unpaired) electrons. The highest BCUT2D eigenvalue weighted by molar-refractivity contribution is 4.97. The summed E-state index contributed by atoms with van der Waals surface area (Å²) in [4.78, 5) is 2.72. The van der Waals surface area contributed by atoms with Crippen LogP contribution in [0.1, 0.15) is 59.8 Å². The Morgan fingerprint density at radius 1 is 1.15 bits per heavy atom. The molecule has 0 spiro atoms. The van der Waals surface area contributed by atoms with Crippen LogP contribution in [0, 0.1) is 11.3 Å². The molecule has 0 aromatic heterocycles. The maximum absolute atomic E-state index is 3.89. The molecule has 1 aliphatic carbocycles. The van der Waals surface area contributed by atoms with Gasteiger partial charge in [-0.25, -0.2) is 0 Å². The third-order valence-corrected chi connectivity index (χ3v) is 5.24. The molecule has 1 heterocycles. The molecule has 0 aromatic rings. The van der Waals surface area contributed by atoms with Crippen molar-refractivity contribution in [3.05, 3.63) is 12.2 Å². The van der Waals surface area contributed by atoms with Crippen LogP contribution in [0.5, 0.6) is 0 Å². The van der Waals surface area contributed by atoms with E-state index in [0.717, 1.165) is 25.0 Å². The summed E-state index contributed by atoms with van der Waals surface area (Å²) in [5.74, 6) is 0.915. The summed E-state index contributed by atoms with van der Waals surface area (Å²) in [7, 11) is 0. The van der Waals surface area contributed by atoms with Crippen LogP contribution in [0.2, 0.25) is 0 Å². The van der Waals surface area contributed by atoms with Gasteiger partial charge in [0.25, 0.3) is 0 Å². The standard InChI is InChI=1S/C18H34N2/c1-5-6-12-20-14-16(15-10-8-7-9-11-15)19-13-17(20)18(2,3)4/h5-6,15-17,19H,7-14H2,1-4H3/b6-5+. The largest absolute Gasteiger partial charge is 0.311 e. The number of nitrogens with one attached hydrogen (secondary N) is 1. The average Bonchev–Trinajstić information content (AvgIpc) is 2.44. The van der Waals surface area contributed by atoms with Gasteiger partial charge >= 0.3 is 0 Å². The molecule has 2 aliphatic rings. The second-order valence-corrected chi connectivity index (χ2v) is 7.82. The third-order valence-electron chi connectivity index (χ3n) is 5.24. The first-order valence-electron chi connectivity index (χ1n) is 8.61. The SMILES string of the molecule is C/C=C/CN1CC(C2CCCCC2)NCC1C(C)(C)C. The zero-order chi connectivity index (χ0) is 14.6. The first-order valence-corrected chi connectivity index (χ1v) is 8.61. The predicted octanol–water partition coefficient (Wildman–Crippen LogP) is 3.83. The van der Waals surface area contributed by atoms with Gasteiger partial charge in [0.15, 0.2) is 0 Å². The van der Waals surface area contributed by atoms with E-state index in [1.807, 2.05) is 0 Å². The number of allylic oxidation sites excluding steroid dienone is 1. The molecule has 0 aromatic carbocycles. The summed E-state index contributed by atoms with van der Waals surface area (Å²) in [5.41, 5.74) is 0.353. The molecule has 2 rings (SSSR count). The average molecular weight is 278 g/mol. The molecule has 1 aliphatic heterocycles. The minimum atomic E-state index is 0.353. The van der Waals surface area contributed by atoms with Crippen molar-refractivity contribution in [3.63, 3.8) is 0 Å². The molecule has 2 fully saturated rings. The van der Waals surface area contributed by atoms with E-state index in [1.54, 1.807) is 0 Å². The molecule has 1 N–H and O–H groups in total. The smallest absolute Gasteiger partial charge is 0.0273 e. The second kappa shape index (κ2) is 7.09. The molecule has 2 atom stereocenters. The summed E-state index contributed by atoms with van der Waals surface area (Å²) >= 11 is 0. The first-order chi connectivity index (χ1) is 9.52. The zero-order valence-electron chi connectivity index (χ0n) is 14.0. The van der Waals surface area contributed by atoms with Gasteiger partial charge in [-0.3, -0.25) is 4.90 Å². The van der Waals surface area contributed by atoms with E-state index in [0.29, 0.717) is 11.5 Å². The molecule has 0 amide bonds. The maximum atomic E-state index is 3.89. The Morgan fingerprint density at radius 2 is 1.85 bits per heavy atom. The lowest BCUT2D eigenvalue weighted by Crippen LogP contribution is -2.62. The van der Waals surface area contributed by atoms with Crippen LogP contribution < -0.4 is 5.32 Å². The normalized spacial score (nSPS) is 31.0. The van der Waals surface area contributed by atoms with E-state index >= 15 is 0 Å². The second-order valence-electron chi connectivity index (χ2n) is 7.82. The number of piperazine rings is 1. The van der Waals surface area contributed by atoms with Crippen LogP contribution in [0.15, 0.2) is 12.2 Å². The lowest BCUT2D eigenvalue weighted by molar-refractivity contribution is 0.0465. The zero-order valence-corrected chi connectivity index (χ0v) is 14.0. The molecule has 1 saturated heterocycles. The van der Waals surface area contributed by atoms with Gasteiger partial charge in [-0.2, -0.15) is 0 Å². The number of rotatable bonds is 3. The maximum Gasteiger partial charge on any atom is 0.0273 e. The van der Waals surface area contributed by atoms with Crippen LogP contribution >= 0.6 is 0 Å². The molecular formula is C18H34N2. The third kappa shape index (κ3) is 4.08.